The summed E-state index contributed by atoms with van der Waals surface area (Å²) in [4.78, 5) is 12.7. The largest absolute Gasteiger partial charge is 0.487 e. The van der Waals surface area contributed by atoms with Crippen LogP contribution in [-0.4, -0.2) is 11.5 Å². The normalized spacial score (nSPS) is 20.3. The molecule has 1 saturated carbocycles. The predicted molar refractivity (Wildman–Crippen MR) is 113 cm³/mol. The number of fused-ring (bicyclic) bond motifs is 1. The van der Waals surface area contributed by atoms with Crippen LogP contribution < -0.4 is 10.1 Å². The Kier molecular flexibility index (Phi) is 5.84. The third-order valence-corrected chi connectivity index (χ3v) is 6.52. The van der Waals surface area contributed by atoms with Crippen LogP contribution in [0, 0.1) is 0 Å². The highest BCUT2D eigenvalue weighted by Gasteiger charge is 2.42. The molecule has 2 aromatic rings. The van der Waals surface area contributed by atoms with E-state index in [2.05, 4.69) is 11.4 Å². The summed E-state index contributed by atoms with van der Waals surface area (Å²) in [5.41, 5.74) is 1.89. The monoisotopic (exact) mass is 417 g/mol. The fourth-order valence-electron chi connectivity index (χ4n) is 4.49. The van der Waals surface area contributed by atoms with Crippen molar-refractivity contribution in [1.29, 1.82) is 0 Å². The molecule has 1 aliphatic carbocycles. The number of para-hydroxylation sites is 1. The SMILES string of the molecule is O=C(CCc1ccc(Cl)cc1Cl)N[C@@H]1CC2(CCCCC2)Oc2ccccc21. The highest BCUT2D eigenvalue weighted by molar-refractivity contribution is 6.35. The van der Waals surface area contributed by atoms with Gasteiger partial charge in [-0.3, -0.25) is 4.79 Å². The first-order valence-electron chi connectivity index (χ1n) is 10.1. The number of aryl methyl sites for hydroxylation is 1. The third-order valence-electron chi connectivity index (χ3n) is 5.93. The van der Waals surface area contributed by atoms with Crippen molar-refractivity contribution < 1.29 is 9.53 Å². The molecule has 1 aliphatic heterocycles. The minimum Gasteiger partial charge on any atom is -0.487 e. The molecule has 2 aromatic carbocycles. The Morgan fingerprint density at radius 3 is 2.68 bits per heavy atom. The highest BCUT2D eigenvalue weighted by Crippen LogP contribution is 2.46. The zero-order valence-electron chi connectivity index (χ0n) is 15.8. The van der Waals surface area contributed by atoms with E-state index in [4.69, 9.17) is 27.9 Å². The van der Waals surface area contributed by atoms with E-state index in [-0.39, 0.29) is 17.6 Å². The van der Waals surface area contributed by atoms with Gasteiger partial charge >= 0.3 is 0 Å². The first kappa shape index (κ1) is 19.6. The molecular formula is C23H25Cl2NO2. The van der Waals surface area contributed by atoms with Crippen LogP contribution in [0.3, 0.4) is 0 Å². The molecule has 0 unspecified atom stereocenters. The van der Waals surface area contributed by atoms with E-state index >= 15 is 0 Å². The third kappa shape index (κ3) is 4.31. The lowest BCUT2D eigenvalue weighted by Crippen LogP contribution is -2.46. The summed E-state index contributed by atoms with van der Waals surface area (Å²) in [6.07, 6.45) is 7.62. The Morgan fingerprint density at radius 1 is 1.11 bits per heavy atom. The van der Waals surface area contributed by atoms with Gasteiger partial charge < -0.3 is 10.1 Å². The molecule has 1 amide bonds. The topological polar surface area (TPSA) is 38.3 Å². The van der Waals surface area contributed by atoms with Crippen molar-refractivity contribution in [2.75, 3.05) is 0 Å². The Hall–Kier alpha value is -1.71. The number of benzene rings is 2. The Labute approximate surface area is 176 Å². The number of halogens is 2. The maximum absolute atomic E-state index is 12.7. The van der Waals surface area contributed by atoms with Gasteiger partial charge in [0.1, 0.15) is 11.4 Å². The van der Waals surface area contributed by atoms with E-state index in [1.54, 1.807) is 6.07 Å². The molecule has 2 aliphatic rings. The summed E-state index contributed by atoms with van der Waals surface area (Å²) in [7, 11) is 0. The van der Waals surface area contributed by atoms with Crippen molar-refractivity contribution in [2.45, 2.75) is 63.0 Å². The van der Waals surface area contributed by atoms with Gasteiger partial charge in [-0.2, -0.15) is 0 Å². The van der Waals surface area contributed by atoms with E-state index < -0.39 is 0 Å². The van der Waals surface area contributed by atoms with Gasteiger partial charge in [0.15, 0.2) is 0 Å². The summed E-state index contributed by atoms with van der Waals surface area (Å²) in [5.74, 6) is 0.959. The first-order valence-corrected chi connectivity index (χ1v) is 10.8. The zero-order valence-corrected chi connectivity index (χ0v) is 17.4. The molecule has 0 bridgehead atoms. The summed E-state index contributed by atoms with van der Waals surface area (Å²) in [5, 5.41) is 4.48. The number of carbonyl (C=O) groups excluding carboxylic acids is 1. The maximum atomic E-state index is 12.7. The van der Waals surface area contributed by atoms with E-state index in [0.29, 0.717) is 22.9 Å². The summed E-state index contributed by atoms with van der Waals surface area (Å²) in [6, 6.07) is 13.5. The lowest BCUT2D eigenvalue weighted by molar-refractivity contribution is -0.122. The van der Waals surface area contributed by atoms with Gasteiger partial charge in [0.25, 0.3) is 0 Å². The Balaban J connectivity index is 1.45. The standard InChI is InChI=1S/C23H25Cl2NO2/c24-17-10-8-16(19(25)14-17)9-11-22(27)26-20-15-23(12-4-1-5-13-23)28-21-7-3-2-6-18(20)21/h2-3,6-8,10,14,20H,1,4-5,9,11-13,15H2,(H,26,27)/t20-/m1/s1. The molecule has 1 fully saturated rings. The van der Waals surface area contributed by atoms with Crippen LogP contribution in [0.15, 0.2) is 42.5 Å². The molecule has 1 atom stereocenters. The zero-order chi connectivity index (χ0) is 19.6. The van der Waals surface area contributed by atoms with Crippen LogP contribution in [0.5, 0.6) is 5.75 Å². The number of nitrogens with one attached hydrogen (secondary N) is 1. The smallest absolute Gasteiger partial charge is 0.220 e. The second kappa shape index (κ2) is 8.34. The average Bonchev–Trinajstić information content (AvgIpc) is 2.68. The number of hydrogen-bond donors (Lipinski definition) is 1. The molecule has 0 radical (unpaired) electrons. The van der Waals surface area contributed by atoms with Crippen LogP contribution in [0.2, 0.25) is 10.0 Å². The number of rotatable bonds is 4. The van der Waals surface area contributed by atoms with Gasteiger partial charge in [-0.1, -0.05) is 53.9 Å². The second-order valence-electron chi connectivity index (χ2n) is 7.94. The maximum Gasteiger partial charge on any atom is 0.220 e. The van der Waals surface area contributed by atoms with E-state index in [1.807, 2.05) is 30.3 Å². The molecule has 28 heavy (non-hydrogen) atoms. The van der Waals surface area contributed by atoms with Crippen LogP contribution in [-0.2, 0) is 11.2 Å². The van der Waals surface area contributed by atoms with Crippen molar-refractivity contribution in [2.24, 2.45) is 0 Å². The van der Waals surface area contributed by atoms with Gasteiger partial charge in [0.05, 0.1) is 6.04 Å². The van der Waals surface area contributed by atoms with Gasteiger partial charge in [0.2, 0.25) is 5.91 Å². The summed E-state index contributed by atoms with van der Waals surface area (Å²) in [6.45, 7) is 0. The van der Waals surface area contributed by atoms with Gasteiger partial charge in [0, 0.05) is 28.5 Å². The Morgan fingerprint density at radius 2 is 1.89 bits per heavy atom. The van der Waals surface area contributed by atoms with Gasteiger partial charge in [-0.15, -0.1) is 0 Å². The summed E-state index contributed by atoms with van der Waals surface area (Å²) >= 11 is 12.2. The molecular weight excluding hydrogens is 393 g/mol. The average molecular weight is 418 g/mol. The quantitative estimate of drug-likeness (QED) is 0.636. The highest BCUT2D eigenvalue weighted by atomic mass is 35.5. The van der Waals surface area contributed by atoms with Gasteiger partial charge in [-0.05, 0) is 55.9 Å². The van der Waals surface area contributed by atoms with E-state index in [9.17, 15) is 4.79 Å². The first-order chi connectivity index (χ1) is 13.5. The molecule has 4 rings (SSSR count). The second-order valence-corrected chi connectivity index (χ2v) is 8.79. The van der Waals surface area contributed by atoms with Crippen molar-refractivity contribution in [3.05, 3.63) is 63.6 Å². The minimum atomic E-state index is -0.135. The van der Waals surface area contributed by atoms with Gasteiger partial charge in [-0.25, -0.2) is 0 Å². The molecule has 148 valence electrons. The summed E-state index contributed by atoms with van der Waals surface area (Å²) < 4.78 is 6.45. The van der Waals surface area contributed by atoms with Crippen LogP contribution in [0.1, 0.15) is 62.1 Å². The van der Waals surface area contributed by atoms with E-state index in [1.165, 1.54) is 19.3 Å². The fraction of sp³-hybridized carbons (Fsp3) is 0.435. The van der Waals surface area contributed by atoms with Crippen LogP contribution in [0.25, 0.3) is 0 Å². The predicted octanol–water partition coefficient (Wildman–Crippen LogP) is 6.27. The Bertz CT molecular complexity index is 861. The lowest BCUT2D eigenvalue weighted by atomic mass is 9.77. The molecule has 0 saturated heterocycles. The number of amides is 1. The molecule has 1 spiro atoms. The van der Waals surface area contributed by atoms with E-state index in [0.717, 1.165) is 36.1 Å². The number of hydrogen-bond acceptors (Lipinski definition) is 2. The minimum absolute atomic E-state index is 0.00348. The van der Waals surface area contributed by atoms with Crippen molar-refractivity contribution >= 4 is 29.1 Å². The molecule has 3 nitrogen and oxygen atoms in total. The van der Waals surface area contributed by atoms with Crippen LogP contribution >= 0.6 is 23.2 Å². The van der Waals surface area contributed by atoms with Crippen molar-refractivity contribution in [3.8, 4) is 5.75 Å². The van der Waals surface area contributed by atoms with Crippen molar-refractivity contribution in [1.82, 2.24) is 5.32 Å². The molecule has 0 aromatic heterocycles. The van der Waals surface area contributed by atoms with Crippen molar-refractivity contribution in [3.63, 3.8) is 0 Å². The molecule has 1 heterocycles. The number of carbonyl (C=O) groups is 1. The fourth-order valence-corrected chi connectivity index (χ4v) is 4.99. The molecule has 1 N–H and O–H groups in total. The number of ether oxygens (including phenoxy) is 1. The lowest BCUT2D eigenvalue weighted by Gasteiger charge is -2.44. The van der Waals surface area contributed by atoms with Crippen LogP contribution in [0.4, 0.5) is 0 Å². The molecule has 5 heteroatoms.